The molecule has 1 aromatic heterocycles. The van der Waals surface area contributed by atoms with Crippen LogP contribution in [0.2, 0.25) is 0 Å². The molecule has 4 nitrogen and oxygen atoms in total. The standard InChI is InChI=1S/C16H21NO3S2/c1-5-14-10-11-15(21-14)22(18,19)17-16(2,3)12-6-8-13(20-4)9-7-12/h6-11,17H,5H2,1-4H3. The van der Waals surface area contributed by atoms with Crippen molar-refractivity contribution in [2.75, 3.05) is 7.11 Å². The molecule has 0 aliphatic rings. The van der Waals surface area contributed by atoms with Gasteiger partial charge in [0, 0.05) is 4.88 Å². The average Bonchev–Trinajstić information content (AvgIpc) is 2.96. The molecule has 1 N–H and O–H groups in total. The van der Waals surface area contributed by atoms with E-state index in [9.17, 15) is 8.42 Å². The summed E-state index contributed by atoms with van der Waals surface area (Å²) < 4.78 is 33.4. The van der Waals surface area contributed by atoms with Crippen molar-refractivity contribution in [1.29, 1.82) is 0 Å². The van der Waals surface area contributed by atoms with E-state index >= 15 is 0 Å². The molecule has 0 aliphatic heterocycles. The van der Waals surface area contributed by atoms with Gasteiger partial charge in [0.15, 0.2) is 0 Å². The van der Waals surface area contributed by atoms with E-state index in [1.165, 1.54) is 11.3 Å². The largest absolute Gasteiger partial charge is 0.497 e. The van der Waals surface area contributed by atoms with Crippen molar-refractivity contribution in [3.05, 3.63) is 46.8 Å². The molecule has 2 aromatic rings. The van der Waals surface area contributed by atoms with Crippen LogP contribution < -0.4 is 9.46 Å². The number of rotatable bonds is 6. The molecule has 0 saturated heterocycles. The van der Waals surface area contributed by atoms with Crippen LogP contribution in [0.1, 0.15) is 31.2 Å². The quantitative estimate of drug-likeness (QED) is 0.876. The van der Waals surface area contributed by atoms with E-state index < -0.39 is 15.6 Å². The Labute approximate surface area is 136 Å². The van der Waals surface area contributed by atoms with Crippen molar-refractivity contribution < 1.29 is 13.2 Å². The van der Waals surface area contributed by atoms with Gasteiger partial charge in [0.25, 0.3) is 10.0 Å². The number of benzene rings is 1. The highest BCUT2D eigenvalue weighted by Crippen LogP contribution is 2.28. The molecule has 0 aliphatic carbocycles. The summed E-state index contributed by atoms with van der Waals surface area (Å²) in [6.07, 6.45) is 0.835. The Balaban J connectivity index is 2.25. The number of hydrogen-bond acceptors (Lipinski definition) is 4. The van der Waals surface area contributed by atoms with Crippen molar-refractivity contribution in [2.45, 2.75) is 36.9 Å². The third kappa shape index (κ3) is 3.69. The van der Waals surface area contributed by atoms with Gasteiger partial charge in [0.05, 0.1) is 12.6 Å². The van der Waals surface area contributed by atoms with Crippen LogP contribution in [0, 0.1) is 0 Å². The molecule has 1 aromatic carbocycles. The average molecular weight is 339 g/mol. The molecule has 0 spiro atoms. The second-order valence-corrected chi connectivity index (χ2v) is 8.61. The monoisotopic (exact) mass is 339 g/mol. The van der Waals surface area contributed by atoms with Gasteiger partial charge in [-0.2, -0.15) is 0 Å². The fourth-order valence-electron chi connectivity index (χ4n) is 2.15. The van der Waals surface area contributed by atoms with Crippen LogP contribution in [0.25, 0.3) is 0 Å². The zero-order valence-corrected chi connectivity index (χ0v) is 14.8. The van der Waals surface area contributed by atoms with Crippen LogP contribution in [0.4, 0.5) is 0 Å². The Hall–Kier alpha value is -1.37. The number of thiophene rings is 1. The highest BCUT2D eigenvalue weighted by Gasteiger charge is 2.28. The van der Waals surface area contributed by atoms with Gasteiger partial charge in [-0.15, -0.1) is 11.3 Å². The molecule has 0 radical (unpaired) electrons. The minimum absolute atomic E-state index is 0.353. The van der Waals surface area contributed by atoms with Crippen molar-refractivity contribution in [3.8, 4) is 5.75 Å². The minimum atomic E-state index is -3.53. The molecule has 0 amide bonds. The normalized spacial score (nSPS) is 12.4. The second-order valence-electron chi connectivity index (χ2n) is 5.53. The van der Waals surface area contributed by atoms with Crippen LogP contribution in [0.5, 0.6) is 5.75 Å². The second kappa shape index (κ2) is 6.40. The van der Waals surface area contributed by atoms with Gasteiger partial charge >= 0.3 is 0 Å². The molecule has 0 fully saturated rings. The first-order valence-corrected chi connectivity index (χ1v) is 9.35. The summed E-state index contributed by atoms with van der Waals surface area (Å²) in [5.41, 5.74) is 0.172. The van der Waals surface area contributed by atoms with E-state index in [0.29, 0.717) is 4.21 Å². The van der Waals surface area contributed by atoms with E-state index in [4.69, 9.17) is 4.74 Å². The van der Waals surface area contributed by atoms with Crippen LogP contribution in [0.15, 0.2) is 40.6 Å². The molecule has 0 atom stereocenters. The van der Waals surface area contributed by atoms with E-state index in [0.717, 1.165) is 22.6 Å². The summed E-state index contributed by atoms with van der Waals surface area (Å²) in [4.78, 5) is 1.06. The van der Waals surface area contributed by atoms with Gasteiger partial charge in [-0.1, -0.05) is 19.1 Å². The van der Waals surface area contributed by atoms with E-state index in [1.54, 1.807) is 13.2 Å². The number of hydrogen-bond donors (Lipinski definition) is 1. The maximum absolute atomic E-state index is 12.5. The Kier molecular flexibility index (Phi) is 4.94. The first kappa shape index (κ1) is 17.0. The Morgan fingerprint density at radius 3 is 2.27 bits per heavy atom. The van der Waals surface area contributed by atoms with Gasteiger partial charge in [0.2, 0.25) is 0 Å². The van der Waals surface area contributed by atoms with Crippen LogP contribution in [0.3, 0.4) is 0 Å². The third-order valence-electron chi connectivity index (χ3n) is 3.45. The molecule has 0 bridgehead atoms. The lowest BCUT2D eigenvalue weighted by Crippen LogP contribution is -2.40. The molecule has 1 heterocycles. The van der Waals surface area contributed by atoms with E-state index in [-0.39, 0.29) is 0 Å². The summed E-state index contributed by atoms with van der Waals surface area (Å²) in [7, 11) is -1.93. The van der Waals surface area contributed by atoms with Gasteiger partial charge in [-0.3, -0.25) is 0 Å². The SMILES string of the molecule is CCc1ccc(S(=O)(=O)NC(C)(C)c2ccc(OC)cc2)s1. The predicted octanol–water partition coefficient (Wildman–Crippen LogP) is 3.53. The fraction of sp³-hybridized carbons (Fsp3) is 0.375. The maximum atomic E-state index is 12.5. The third-order valence-corrected chi connectivity index (χ3v) is 6.83. The zero-order valence-electron chi connectivity index (χ0n) is 13.2. The number of nitrogens with one attached hydrogen (secondary N) is 1. The number of methoxy groups -OCH3 is 1. The summed E-state index contributed by atoms with van der Waals surface area (Å²) >= 11 is 1.31. The summed E-state index contributed by atoms with van der Waals surface area (Å²) in [6, 6.07) is 10.9. The molecule has 2 rings (SSSR count). The molecule has 120 valence electrons. The smallest absolute Gasteiger partial charge is 0.250 e. The Morgan fingerprint density at radius 1 is 1.14 bits per heavy atom. The van der Waals surface area contributed by atoms with Crippen molar-refractivity contribution in [3.63, 3.8) is 0 Å². The van der Waals surface area contributed by atoms with Crippen LogP contribution in [-0.2, 0) is 22.0 Å². The van der Waals surface area contributed by atoms with Crippen molar-refractivity contribution in [2.24, 2.45) is 0 Å². The molecular formula is C16H21NO3S2. The fourth-order valence-corrected chi connectivity index (χ4v) is 4.84. The lowest BCUT2D eigenvalue weighted by atomic mass is 9.96. The Morgan fingerprint density at radius 2 is 1.77 bits per heavy atom. The number of sulfonamides is 1. The topological polar surface area (TPSA) is 55.4 Å². The first-order valence-electron chi connectivity index (χ1n) is 7.05. The lowest BCUT2D eigenvalue weighted by Gasteiger charge is -2.26. The van der Waals surface area contributed by atoms with Gasteiger partial charge in [-0.25, -0.2) is 13.1 Å². The van der Waals surface area contributed by atoms with E-state index in [2.05, 4.69) is 4.72 Å². The van der Waals surface area contributed by atoms with Gasteiger partial charge < -0.3 is 4.74 Å². The summed E-state index contributed by atoms with van der Waals surface area (Å²) in [5, 5.41) is 0. The minimum Gasteiger partial charge on any atom is -0.497 e. The highest BCUT2D eigenvalue weighted by atomic mass is 32.2. The summed E-state index contributed by atoms with van der Waals surface area (Å²) in [6.45, 7) is 5.71. The number of ether oxygens (including phenoxy) is 1. The van der Waals surface area contributed by atoms with Crippen molar-refractivity contribution >= 4 is 21.4 Å². The molecule has 0 saturated carbocycles. The molecular weight excluding hydrogens is 318 g/mol. The zero-order chi connectivity index (χ0) is 16.4. The highest BCUT2D eigenvalue weighted by molar-refractivity contribution is 7.91. The van der Waals surface area contributed by atoms with Gasteiger partial charge in [-0.05, 0) is 50.1 Å². The van der Waals surface area contributed by atoms with Crippen LogP contribution >= 0.6 is 11.3 Å². The maximum Gasteiger partial charge on any atom is 0.250 e. The first-order chi connectivity index (χ1) is 10.3. The number of aryl methyl sites for hydroxylation is 1. The lowest BCUT2D eigenvalue weighted by molar-refractivity contribution is 0.413. The van der Waals surface area contributed by atoms with Gasteiger partial charge in [0.1, 0.15) is 9.96 Å². The predicted molar refractivity (Wildman–Crippen MR) is 90.0 cm³/mol. The summed E-state index contributed by atoms with van der Waals surface area (Å²) in [5.74, 6) is 0.744. The van der Waals surface area contributed by atoms with E-state index in [1.807, 2.05) is 51.1 Å². The van der Waals surface area contributed by atoms with Crippen LogP contribution in [-0.4, -0.2) is 15.5 Å². The Bertz CT molecular complexity index is 731. The van der Waals surface area contributed by atoms with Crippen molar-refractivity contribution in [1.82, 2.24) is 4.72 Å². The molecule has 0 unspecified atom stereocenters. The molecule has 6 heteroatoms. The molecule has 22 heavy (non-hydrogen) atoms.